The third-order valence-electron chi connectivity index (χ3n) is 5.77. The molecule has 1 atom stereocenters. The highest BCUT2D eigenvalue weighted by Crippen LogP contribution is 2.37. The van der Waals surface area contributed by atoms with E-state index < -0.39 is 8.32 Å². The van der Waals surface area contributed by atoms with E-state index in [1.165, 1.54) is 11.1 Å². The van der Waals surface area contributed by atoms with Gasteiger partial charge in [0.05, 0.1) is 12.6 Å². The molecule has 1 aromatic carbocycles. The van der Waals surface area contributed by atoms with Gasteiger partial charge in [-0.3, -0.25) is 9.69 Å². The predicted molar refractivity (Wildman–Crippen MR) is 111 cm³/mol. The monoisotopic (exact) mass is 376 g/mol. The molecule has 26 heavy (non-hydrogen) atoms. The number of nitrogens with one attached hydrogen (secondary N) is 1. The number of carbonyl (C=O) groups is 1. The van der Waals surface area contributed by atoms with Gasteiger partial charge < -0.3 is 9.74 Å². The molecular weight excluding hydrogens is 340 g/mol. The van der Waals surface area contributed by atoms with Crippen molar-refractivity contribution in [2.75, 3.05) is 26.2 Å². The van der Waals surface area contributed by atoms with Crippen LogP contribution in [-0.2, 0) is 22.1 Å². The average molecular weight is 377 g/mol. The molecule has 0 aromatic heterocycles. The summed E-state index contributed by atoms with van der Waals surface area (Å²) in [5.74, 6) is 0.0987. The lowest BCUT2D eigenvalue weighted by molar-refractivity contribution is -0.122. The lowest BCUT2D eigenvalue weighted by atomic mass is 10.0. The van der Waals surface area contributed by atoms with E-state index in [-0.39, 0.29) is 17.0 Å². The molecule has 0 fully saturated rings. The van der Waals surface area contributed by atoms with Gasteiger partial charge in [0.2, 0.25) is 5.91 Å². The van der Waals surface area contributed by atoms with Gasteiger partial charge in [0, 0.05) is 19.6 Å². The summed E-state index contributed by atoms with van der Waals surface area (Å²) in [6, 6.07) is 8.62. The molecule has 0 spiro atoms. The summed E-state index contributed by atoms with van der Waals surface area (Å²) in [6.07, 6.45) is 2.09. The maximum Gasteiger partial charge on any atom is 0.234 e. The highest BCUT2D eigenvalue weighted by molar-refractivity contribution is 6.74. The molecule has 0 saturated heterocycles. The van der Waals surface area contributed by atoms with Crippen LogP contribution in [-0.4, -0.2) is 51.4 Å². The normalized spacial score (nSPS) is 17.3. The Morgan fingerprint density at radius 2 is 1.73 bits per heavy atom. The van der Waals surface area contributed by atoms with Crippen molar-refractivity contribution in [1.29, 1.82) is 0 Å². The quantitative estimate of drug-likeness (QED) is 0.771. The zero-order valence-electron chi connectivity index (χ0n) is 17.4. The lowest BCUT2D eigenvalue weighted by Gasteiger charge is -2.38. The topological polar surface area (TPSA) is 41.6 Å². The van der Waals surface area contributed by atoms with Crippen LogP contribution in [0.3, 0.4) is 0 Å². The smallest absolute Gasteiger partial charge is 0.234 e. The number of carbonyl (C=O) groups excluding carboxylic acids is 1. The van der Waals surface area contributed by atoms with Gasteiger partial charge in [-0.2, -0.15) is 0 Å². The molecular formula is C21H36N2O2Si. The number of benzene rings is 1. The number of nitrogens with zero attached hydrogens (tertiary/aromatic N) is 1. The van der Waals surface area contributed by atoms with Crippen molar-refractivity contribution in [3.05, 3.63) is 35.4 Å². The molecule has 1 N–H and O–H groups in total. The number of rotatable bonds is 6. The number of hydrogen-bond donors (Lipinski definition) is 1. The Kier molecular flexibility index (Phi) is 7.05. The highest BCUT2D eigenvalue weighted by Gasteiger charge is 2.38. The zero-order chi connectivity index (χ0) is 19.4. The molecule has 1 amide bonds. The van der Waals surface area contributed by atoms with Crippen LogP contribution in [0, 0.1) is 0 Å². The fraction of sp³-hybridized carbons (Fsp3) is 0.667. The van der Waals surface area contributed by atoms with E-state index in [1.54, 1.807) is 0 Å². The largest absolute Gasteiger partial charge is 0.412 e. The summed E-state index contributed by atoms with van der Waals surface area (Å²) in [7, 11) is -1.79. The first-order chi connectivity index (χ1) is 12.1. The first kappa shape index (κ1) is 21.1. The molecule has 146 valence electrons. The van der Waals surface area contributed by atoms with Crippen LogP contribution in [0.1, 0.15) is 38.8 Å². The van der Waals surface area contributed by atoms with E-state index >= 15 is 0 Å². The van der Waals surface area contributed by atoms with E-state index in [0.717, 1.165) is 25.9 Å². The standard InChI is InChI=1S/C21H36N2O2Si/c1-17(25-26(5,6)21(2,3)4)15-22-20(24)16-23-13-11-18-9-7-8-10-19(18)12-14-23/h7-10,17H,11-16H2,1-6H3,(H,22,24)/t17-/m0/s1. The molecule has 4 nitrogen and oxygen atoms in total. The van der Waals surface area contributed by atoms with Gasteiger partial charge in [-0.05, 0) is 49.0 Å². The van der Waals surface area contributed by atoms with Crippen LogP contribution in [0.15, 0.2) is 24.3 Å². The van der Waals surface area contributed by atoms with Crippen LogP contribution < -0.4 is 5.32 Å². The van der Waals surface area contributed by atoms with E-state index in [9.17, 15) is 4.79 Å². The minimum Gasteiger partial charge on any atom is -0.412 e. The van der Waals surface area contributed by atoms with E-state index in [4.69, 9.17) is 4.43 Å². The van der Waals surface area contributed by atoms with Gasteiger partial charge in [0.1, 0.15) is 0 Å². The molecule has 2 rings (SSSR count). The first-order valence-corrected chi connectivity index (χ1v) is 12.7. The number of fused-ring (bicyclic) bond motifs is 1. The van der Waals surface area contributed by atoms with Gasteiger partial charge in [0.25, 0.3) is 0 Å². The summed E-state index contributed by atoms with van der Waals surface area (Å²) < 4.78 is 6.32. The Hall–Kier alpha value is -1.17. The molecule has 1 aliphatic heterocycles. The summed E-state index contributed by atoms with van der Waals surface area (Å²) in [6.45, 7) is 16.2. The molecule has 1 aromatic rings. The van der Waals surface area contributed by atoms with E-state index in [1.807, 2.05) is 0 Å². The van der Waals surface area contributed by atoms with E-state index in [2.05, 4.69) is 75.3 Å². The van der Waals surface area contributed by atoms with Crippen LogP contribution >= 0.6 is 0 Å². The maximum absolute atomic E-state index is 12.4. The SMILES string of the molecule is C[C@@H](CNC(=O)CN1CCc2ccccc2CC1)O[Si](C)(C)C(C)(C)C. The zero-order valence-corrected chi connectivity index (χ0v) is 18.4. The van der Waals surface area contributed by atoms with Crippen LogP contribution in [0.2, 0.25) is 18.1 Å². The van der Waals surface area contributed by atoms with Crippen LogP contribution in [0.5, 0.6) is 0 Å². The van der Waals surface area contributed by atoms with Crippen molar-refractivity contribution in [2.24, 2.45) is 0 Å². The summed E-state index contributed by atoms with van der Waals surface area (Å²) in [5.41, 5.74) is 2.85. The van der Waals surface area contributed by atoms with Crippen molar-refractivity contribution in [2.45, 2.75) is 64.8 Å². The molecule has 0 radical (unpaired) electrons. The minimum atomic E-state index is -1.79. The summed E-state index contributed by atoms with van der Waals surface area (Å²) >= 11 is 0. The molecule has 0 unspecified atom stereocenters. The van der Waals surface area contributed by atoms with Gasteiger partial charge in [-0.1, -0.05) is 45.0 Å². The molecule has 0 saturated carbocycles. The Morgan fingerprint density at radius 3 is 2.23 bits per heavy atom. The van der Waals surface area contributed by atoms with E-state index in [0.29, 0.717) is 13.1 Å². The minimum absolute atomic E-state index is 0.0493. The highest BCUT2D eigenvalue weighted by atomic mass is 28.4. The second-order valence-corrected chi connectivity index (χ2v) is 13.8. The Bertz CT molecular complexity index is 583. The Morgan fingerprint density at radius 1 is 1.19 bits per heavy atom. The van der Waals surface area contributed by atoms with Crippen molar-refractivity contribution in [1.82, 2.24) is 10.2 Å². The average Bonchev–Trinajstić information content (AvgIpc) is 2.74. The Labute approximate surface area is 160 Å². The molecule has 0 aliphatic carbocycles. The van der Waals surface area contributed by atoms with Gasteiger partial charge >= 0.3 is 0 Å². The van der Waals surface area contributed by atoms with Crippen molar-refractivity contribution < 1.29 is 9.22 Å². The Balaban J connectivity index is 1.75. The second-order valence-electron chi connectivity index (χ2n) is 9.04. The maximum atomic E-state index is 12.4. The predicted octanol–water partition coefficient (Wildman–Crippen LogP) is 3.61. The van der Waals surface area contributed by atoms with Crippen molar-refractivity contribution in [3.8, 4) is 0 Å². The van der Waals surface area contributed by atoms with Crippen LogP contribution in [0.4, 0.5) is 0 Å². The fourth-order valence-corrected chi connectivity index (χ4v) is 4.55. The van der Waals surface area contributed by atoms with Gasteiger partial charge in [0.15, 0.2) is 8.32 Å². The fourth-order valence-electron chi connectivity index (χ4n) is 3.11. The number of amides is 1. The molecule has 1 aliphatic rings. The van der Waals surface area contributed by atoms with Crippen LogP contribution in [0.25, 0.3) is 0 Å². The van der Waals surface area contributed by atoms with Crippen molar-refractivity contribution in [3.63, 3.8) is 0 Å². The second kappa shape index (κ2) is 8.68. The lowest BCUT2D eigenvalue weighted by Crippen LogP contribution is -2.47. The summed E-state index contributed by atoms with van der Waals surface area (Å²) in [5, 5.41) is 3.25. The van der Waals surface area contributed by atoms with Crippen molar-refractivity contribution >= 4 is 14.2 Å². The third-order valence-corrected chi connectivity index (χ3v) is 10.4. The molecule has 5 heteroatoms. The molecule has 1 heterocycles. The third kappa shape index (κ3) is 5.93. The first-order valence-electron chi connectivity index (χ1n) is 9.82. The summed E-state index contributed by atoms with van der Waals surface area (Å²) in [4.78, 5) is 14.6. The van der Waals surface area contributed by atoms with Gasteiger partial charge in [-0.15, -0.1) is 0 Å². The van der Waals surface area contributed by atoms with Gasteiger partial charge in [-0.25, -0.2) is 0 Å². The number of hydrogen-bond acceptors (Lipinski definition) is 3. The molecule has 0 bridgehead atoms.